The Morgan fingerprint density at radius 2 is 1.03 bits per heavy atom. The van der Waals surface area contributed by atoms with Gasteiger partial charge in [0.1, 0.15) is 10.6 Å². The minimum Gasteiger partial charge on any atom is -0.379 e. The number of anilines is 4. The number of hydrogen-bond acceptors (Lipinski definition) is 5. The first-order chi connectivity index (χ1) is 15.0. The van der Waals surface area contributed by atoms with Crippen LogP contribution in [0.4, 0.5) is 22.7 Å². The molecule has 0 aliphatic rings. The van der Waals surface area contributed by atoms with Gasteiger partial charge < -0.3 is 14.8 Å². The lowest BCUT2D eigenvalue weighted by Gasteiger charge is -2.11. The molecule has 4 rings (SSSR count). The fourth-order valence-electron chi connectivity index (χ4n) is 2.97. The normalized spacial score (nSPS) is 11.0. The van der Waals surface area contributed by atoms with Gasteiger partial charge in [-0.25, -0.2) is 0 Å². The van der Waals surface area contributed by atoms with Crippen LogP contribution in [0, 0.1) is 6.92 Å². The number of rotatable bonds is 7. The lowest BCUT2D eigenvalue weighted by Crippen LogP contribution is -2.09. The highest BCUT2D eigenvalue weighted by molar-refractivity contribution is 7.87. The van der Waals surface area contributed by atoms with Gasteiger partial charge in [0.15, 0.2) is 0 Å². The molecule has 0 radical (unpaired) electrons. The van der Waals surface area contributed by atoms with Crippen LogP contribution in [0.5, 0.6) is 5.75 Å². The molecule has 31 heavy (non-hydrogen) atoms. The van der Waals surface area contributed by atoms with Crippen molar-refractivity contribution in [3.8, 4) is 5.75 Å². The molecule has 0 spiro atoms. The summed E-state index contributed by atoms with van der Waals surface area (Å²) in [7, 11) is -3.86. The van der Waals surface area contributed by atoms with Gasteiger partial charge in [0, 0.05) is 22.7 Å². The van der Waals surface area contributed by atoms with Crippen LogP contribution in [0.3, 0.4) is 0 Å². The second-order valence-electron chi connectivity index (χ2n) is 7.07. The lowest BCUT2D eigenvalue weighted by atomic mass is 10.2. The van der Waals surface area contributed by atoms with Crippen molar-refractivity contribution in [2.75, 3.05) is 10.6 Å². The first-order valence-electron chi connectivity index (χ1n) is 9.78. The Morgan fingerprint density at radius 1 is 0.581 bits per heavy atom. The second-order valence-corrected chi connectivity index (χ2v) is 8.61. The Morgan fingerprint density at radius 3 is 1.55 bits per heavy atom. The Bertz CT molecular complexity index is 1240. The van der Waals surface area contributed by atoms with E-state index in [-0.39, 0.29) is 10.6 Å². The van der Waals surface area contributed by atoms with Crippen LogP contribution in [0.1, 0.15) is 5.56 Å². The predicted octanol–water partition coefficient (Wildman–Crippen LogP) is 6.25. The van der Waals surface area contributed by atoms with E-state index in [4.69, 9.17) is 4.18 Å². The van der Waals surface area contributed by atoms with E-state index in [0.29, 0.717) is 0 Å². The fraction of sp³-hybridized carbons (Fsp3) is 0.0400. The summed E-state index contributed by atoms with van der Waals surface area (Å²) in [6.45, 7) is 1.90. The van der Waals surface area contributed by atoms with Crippen molar-refractivity contribution in [3.63, 3.8) is 0 Å². The molecular weight excluding hydrogens is 408 g/mol. The van der Waals surface area contributed by atoms with Crippen molar-refractivity contribution >= 4 is 32.9 Å². The molecule has 4 aromatic rings. The zero-order chi connectivity index (χ0) is 21.7. The van der Waals surface area contributed by atoms with Crippen molar-refractivity contribution in [1.29, 1.82) is 0 Å². The van der Waals surface area contributed by atoms with Gasteiger partial charge >= 0.3 is 10.1 Å². The highest BCUT2D eigenvalue weighted by Crippen LogP contribution is 2.25. The van der Waals surface area contributed by atoms with Gasteiger partial charge in [-0.1, -0.05) is 35.9 Å². The van der Waals surface area contributed by atoms with Crippen molar-refractivity contribution in [1.82, 2.24) is 0 Å². The molecule has 2 N–H and O–H groups in total. The van der Waals surface area contributed by atoms with E-state index in [0.717, 1.165) is 28.3 Å². The highest BCUT2D eigenvalue weighted by Gasteiger charge is 2.16. The van der Waals surface area contributed by atoms with Gasteiger partial charge in [0.25, 0.3) is 0 Å². The third-order valence-electron chi connectivity index (χ3n) is 4.61. The molecule has 0 bridgehead atoms. The van der Waals surface area contributed by atoms with Crippen molar-refractivity contribution in [3.05, 3.63) is 109 Å². The van der Waals surface area contributed by atoms with Crippen LogP contribution in [-0.2, 0) is 10.1 Å². The summed E-state index contributed by atoms with van der Waals surface area (Å²) < 4.78 is 30.1. The summed E-state index contributed by atoms with van der Waals surface area (Å²) in [4.78, 5) is 0.129. The third kappa shape index (κ3) is 5.43. The molecule has 0 fully saturated rings. The monoisotopic (exact) mass is 430 g/mol. The van der Waals surface area contributed by atoms with Gasteiger partial charge in [-0.05, 0) is 79.7 Å². The van der Waals surface area contributed by atoms with Gasteiger partial charge in [-0.3, -0.25) is 0 Å². The van der Waals surface area contributed by atoms with Gasteiger partial charge in [0.2, 0.25) is 0 Å². The summed E-state index contributed by atoms with van der Waals surface area (Å²) in [5, 5.41) is 6.63. The standard InChI is InChI=1S/C25H22N2O3S/c1-19-7-17-25(18-8-19)31(28,29)30-24-15-13-23(14-16-24)27-22-11-9-21(10-12-22)26-20-5-3-2-4-6-20/h2-18,26-27H,1H3. The lowest BCUT2D eigenvalue weighted by molar-refractivity contribution is 0.486. The Hall–Kier alpha value is -3.77. The van der Waals surface area contributed by atoms with Crippen molar-refractivity contribution in [2.45, 2.75) is 11.8 Å². The molecule has 0 aliphatic heterocycles. The van der Waals surface area contributed by atoms with E-state index in [1.54, 1.807) is 36.4 Å². The van der Waals surface area contributed by atoms with E-state index in [1.165, 1.54) is 12.1 Å². The maximum atomic E-state index is 12.4. The minimum absolute atomic E-state index is 0.129. The molecule has 0 unspecified atom stereocenters. The first kappa shape index (κ1) is 20.5. The largest absolute Gasteiger partial charge is 0.379 e. The molecule has 0 aliphatic carbocycles. The average molecular weight is 431 g/mol. The molecule has 156 valence electrons. The van der Waals surface area contributed by atoms with Gasteiger partial charge in [0.05, 0.1) is 0 Å². The molecule has 0 heterocycles. The van der Waals surface area contributed by atoms with Crippen LogP contribution in [0.2, 0.25) is 0 Å². The van der Waals surface area contributed by atoms with Crippen LogP contribution in [0.25, 0.3) is 0 Å². The average Bonchev–Trinajstić information content (AvgIpc) is 2.77. The van der Waals surface area contributed by atoms with Crippen molar-refractivity contribution in [2.24, 2.45) is 0 Å². The van der Waals surface area contributed by atoms with E-state index < -0.39 is 10.1 Å². The Balaban J connectivity index is 1.38. The highest BCUT2D eigenvalue weighted by atomic mass is 32.2. The minimum atomic E-state index is -3.86. The SMILES string of the molecule is Cc1ccc(S(=O)(=O)Oc2ccc(Nc3ccc(Nc4ccccc4)cc3)cc2)cc1. The number of para-hydroxylation sites is 1. The molecule has 0 aromatic heterocycles. The first-order valence-corrected chi connectivity index (χ1v) is 11.2. The molecule has 6 heteroatoms. The summed E-state index contributed by atoms with van der Waals surface area (Å²) in [6, 6.07) is 31.2. The molecule has 0 saturated carbocycles. The maximum absolute atomic E-state index is 12.4. The van der Waals surface area contributed by atoms with Gasteiger partial charge in [-0.15, -0.1) is 0 Å². The molecule has 0 saturated heterocycles. The third-order valence-corrected chi connectivity index (χ3v) is 5.87. The molecule has 0 atom stereocenters. The molecule has 5 nitrogen and oxygen atoms in total. The van der Waals surface area contributed by atoms with E-state index in [1.807, 2.05) is 61.5 Å². The maximum Gasteiger partial charge on any atom is 0.339 e. The molecule has 0 amide bonds. The predicted molar refractivity (Wildman–Crippen MR) is 125 cm³/mol. The van der Waals surface area contributed by atoms with Crippen LogP contribution in [0.15, 0.2) is 108 Å². The van der Waals surface area contributed by atoms with E-state index in [9.17, 15) is 8.42 Å². The fourth-order valence-corrected chi connectivity index (χ4v) is 3.90. The number of nitrogens with one attached hydrogen (secondary N) is 2. The van der Waals surface area contributed by atoms with Crippen LogP contribution in [-0.4, -0.2) is 8.42 Å². The molecule has 4 aromatic carbocycles. The quantitative estimate of drug-likeness (QED) is 0.339. The van der Waals surface area contributed by atoms with Crippen LogP contribution >= 0.6 is 0 Å². The van der Waals surface area contributed by atoms with Crippen molar-refractivity contribution < 1.29 is 12.6 Å². The number of benzene rings is 4. The summed E-state index contributed by atoms with van der Waals surface area (Å²) in [5.41, 5.74) is 4.74. The molecular formula is C25H22N2O3S. The van der Waals surface area contributed by atoms with Crippen LogP contribution < -0.4 is 14.8 Å². The summed E-state index contributed by atoms with van der Waals surface area (Å²) in [5.74, 6) is 0.258. The number of aryl methyl sites for hydroxylation is 1. The number of hydrogen-bond donors (Lipinski definition) is 2. The topological polar surface area (TPSA) is 67.4 Å². The van der Waals surface area contributed by atoms with Gasteiger partial charge in [-0.2, -0.15) is 8.42 Å². The van der Waals surface area contributed by atoms with E-state index >= 15 is 0 Å². The Labute approximate surface area is 182 Å². The van der Waals surface area contributed by atoms with E-state index in [2.05, 4.69) is 10.6 Å². The summed E-state index contributed by atoms with van der Waals surface area (Å²) >= 11 is 0. The zero-order valence-electron chi connectivity index (χ0n) is 16.9. The summed E-state index contributed by atoms with van der Waals surface area (Å²) in [6.07, 6.45) is 0. The Kier molecular flexibility index (Phi) is 5.91. The zero-order valence-corrected chi connectivity index (χ0v) is 17.8. The smallest absolute Gasteiger partial charge is 0.339 e. The second kappa shape index (κ2) is 8.93.